The minimum absolute atomic E-state index is 0.0930. The van der Waals surface area contributed by atoms with Gasteiger partial charge in [-0.25, -0.2) is 0 Å². The van der Waals surface area contributed by atoms with Crippen LogP contribution >= 0.6 is 0 Å². The van der Waals surface area contributed by atoms with E-state index in [4.69, 9.17) is 9.47 Å². The molecule has 0 saturated carbocycles. The number of ether oxygens (including phenoxy) is 2. The van der Waals surface area contributed by atoms with E-state index in [0.717, 1.165) is 6.42 Å². The molecule has 2 unspecified atom stereocenters. The lowest BCUT2D eigenvalue weighted by Crippen LogP contribution is -2.52. The van der Waals surface area contributed by atoms with Crippen molar-refractivity contribution in [3.63, 3.8) is 0 Å². The maximum absolute atomic E-state index is 12.6. The molecule has 0 aliphatic heterocycles. The first kappa shape index (κ1) is 16.6. The molecular formula is C16H24O4. The minimum atomic E-state index is -1.23. The molecule has 0 fully saturated rings. The van der Waals surface area contributed by atoms with Crippen molar-refractivity contribution < 1.29 is 19.1 Å². The van der Waals surface area contributed by atoms with Gasteiger partial charge >= 0.3 is 5.97 Å². The number of carbonyl (C=O) groups excluding carboxylic acids is 2. The highest BCUT2D eigenvalue weighted by Gasteiger charge is 2.49. The summed E-state index contributed by atoms with van der Waals surface area (Å²) < 4.78 is 10.9. The first-order valence-corrected chi connectivity index (χ1v) is 7.20. The fourth-order valence-corrected chi connectivity index (χ4v) is 2.27. The summed E-state index contributed by atoms with van der Waals surface area (Å²) in [5.74, 6) is -1.45. The van der Waals surface area contributed by atoms with E-state index in [-0.39, 0.29) is 18.3 Å². The molecule has 0 aromatic carbocycles. The van der Waals surface area contributed by atoms with E-state index in [0.29, 0.717) is 6.61 Å². The van der Waals surface area contributed by atoms with Crippen LogP contribution in [-0.2, 0) is 19.1 Å². The molecule has 0 spiro atoms. The molecule has 1 rings (SSSR count). The summed E-state index contributed by atoms with van der Waals surface area (Å²) in [6, 6.07) is 0. The SMILES string of the molecule is CCCOC1(C(=O)C(C)C)C=CC=CC1C(=O)OCC. The fraction of sp³-hybridized carbons (Fsp3) is 0.625. The van der Waals surface area contributed by atoms with Crippen LogP contribution in [0.15, 0.2) is 24.3 Å². The van der Waals surface area contributed by atoms with Crippen molar-refractivity contribution in [2.24, 2.45) is 11.8 Å². The molecule has 0 radical (unpaired) electrons. The van der Waals surface area contributed by atoms with Crippen LogP contribution in [0.2, 0.25) is 0 Å². The van der Waals surface area contributed by atoms with Crippen LogP contribution < -0.4 is 0 Å². The smallest absolute Gasteiger partial charge is 0.316 e. The molecule has 4 heteroatoms. The Balaban J connectivity index is 3.15. The summed E-state index contributed by atoms with van der Waals surface area (Å²) >= 11 is 0. The van der Waals surface area contributed by atoms with Gasteiger partial charge < -0.3 is 9.47 Å². The Bertz CT molecular complexity index is 409. The molecule has 0 amide bonds. The Kier molecular flexibility index (Phi) is 6.14. The highest BCUT2D eigenvalue weighted by atomic mass is 16.5. The second kappa shape index (κ2) is 7.39. The Morgan fingerprint density at radius 3 is 2.50 bits per heavy atom. The van der Waals surface area contributed by atoms with Crippen LogP contribution in [-0.4, -0.2) is 30.6 Å². The van der Waals surface area contributed by atoms with Crippen molar-refractivity contribution in [2.75, 3.05) is 13.2 Å². The van der Waals surface area contributed by atoms with Gasteiger partial charge in [0.25, 0.3) is 0 Å². The Labute approximate surface area is 120 Å². The van der Waals surface area contributed by atoms with E-state index in [1.807, 2.05) is 20.8 Å². The lowest BCUT2D eigenvalue weighted by atomic mass is 9.76. The van der Waals surface area contributed by atoms with E-state index in [9.17, 15) is 9.59 Å². The molecule has 2 atom stereocenters. The molecule has 0 aromatic heterocycles. The number of carbonyl (C=O) groups is 2. The second-order valence-electron chi connectivity index (χ2n) is 5.13. The zero-order valence-corrected chi connectivity index (χ0v) is 12.7. The molecule has 1 aliphatic carbocycles. The Morgan fingerprint density at radius 2 is 1.95 bits per heavy atom. The summed E-state index contributed by atoms with van der Waals surface area (Å²) in [4.78, 5) is 24.8. The van der Waals surface area contributed by atoms with Crippen LogP contribution in [0, 0.1) is 11.8 Å². The zero-order valence-electron chi connectivity index (χ0n) is 12.7. The van der Waals surface area contributed by atoms with Gasteiger partial charge in [-0.15, -0.1) is 0 Å². The fourth-order valence-electron chi connectivity index (χ4n) is 2.27. The molecule has 4 nitrogen and oxygen atoms in total. The van der Waals surface area contributed by atoms with Crippen molar-refractivity contribution in [1.29, 1.82) is 0 Å². The van der Waals surface area contributed by atoms with Crippen LogP contribution in [0.4, 0.5) is 0 Å². The molecule has 0 heterocycles. The van der Waals surface area contributed by atoms with Gasteiger partial charge in [0.1, 0.15) is 5.92 Å². The second-order valence-corrected chi connectivity index (χ2v) is 5.13. The first-order chi connectivity index (χ1) is 9.49. The van der Waals surface area contributed by atoms with Crippen LogP contribution in [0.1, 0.15) is 34.1 Å². The van der Waals surface area contributed by atoms with Crippen molar-refractivity contribution in [3.8, 4) is 0 Å². The quantitative estimate of drug-likeness (QED) is 0.673. The van der Waals surface area contributed by atoms with Gasteiger partial charge in [-0.05, 0) is 19.4 Å². The van der Waals surface area contributed by atoms with Gasteiger partial charge in [-0.1, -0.05) is 39.0 Å². The van der Waals surface area contributed by atoms with E-state index in [2.05, 4.69) is 0 Å². The van der Waals surface area contributed by atoms with E-state index in [1.165, 1.54) is 0 Å². The third kappa shape index (κ3) is 3.37. The van der Waals surface area contributed by atoms with Gasteiger partial charge in [0.2, 0.25) is 0 Å². The van der Waals surface area contributed by atoms with E-state index >= 15 is 0 Å². The normalized spacial score (nSPS) is 24.9. The first-order valence-electron chi connectivity index (χ1n) is 7.20. The van der Waals surface area contributed by atoms with E-state index < -0.39 is 17.5 Å². The Morgan fingerprint density at radius 1 is 1.25 bits per heavy atom. The summed E-state index contributed by atoms with van der Waals surface area (Å²) in [6.45, 7) is 8.05. The molecule has 0 aromatic rings. The van der Waals surface area contributed by atoms with Crippen LogP contribution in [0.3, 0.4) is 0 Å². The molecule has 0 saturated heterocycles. The third-order valence-corrected chi connectivity index (χ3v) is 3.22. The molecule has 0 N–H and O–H groups in total. The highest BCUT2D eigenvalue weighted by molar-refractivity contribution is 5.97. The predicted octanol–water partition coefficient (Wildman–Crippen LogP) is 2.68. The highest BCUT2D eigenvalue weighted by Crippen LogP contribution is 2.33. The predicted molar refractivity (Wildman–Crippen MR) is 77.2 cm³/mol. The maximum Gasteiger partial charge on any atom is 0.316 e. The van der Waals surface area contributed by atoms with Crippen molar-refractivity contribution >= 4 is 11.8 Å². The number of hydrogen-bond acceptors (Lipinski definition) is 4. The van der Waals surface area contributed by atoms with E-state index in [1.54, 1.807) is 31.2 Å². The van der Waals surface area contributed by atoms with Crippen LogP contribution in [0.25, 0.3) is 0 Å². The molecular weight excluding hydrogens is 256 g/mol. The number of rotatable bonds is 7. The number of ketones is 1. The summed E-state index contributed by atoms with van der Waals surface area (Å²) in [5, 5.41) is 0. The van der Waals surface area contributed by atoms with Gasteiger partial charge in [0.15, 0.2) is 11.4 Å². The Hall–Kier alpha value is -1.42. The average Bonchev–Trinajstić information content (AvgIpc) is 2.44. The topological polar surface area (TPSA) is 52.6 Å². The third-order valence-electron chi connectivity index (χ3n) is 3.22. The number of allylic oxidation sites excluding steroid dienone is 2. The summed E-state index contributed by atoms with van der Waals surface area (Å²) in [5.41, 5.74) is -1.23. The van der Waals surface area contributed by atoms with Gasteiger partial charge in [0.05, 0.1) is 6.61 Å². The van der Waals surface area contributed by atoms with Gasteiger partial charge in [0, 0.05) is 12.5 Å². The largest absolute Gasteiger partial charge is 0.465 e. The lowest BCUT2D eigenvalue weighted by Gasteiger charge is -2.36. The minimum Gasteiger partial charge on any atom is -0.465 e. The van der Waals surface area contributed by atoms with Crippen molar-refractivity contribution in [3.05, 3.63) is 24.3 Å². The standard InChI is InChI=1S/C16H24O4/c1-5-11-20-16(14(17)12(3)4)10-8-7-9-13(16)15(18)19-6-2/h7-10,12-13H,5-6,11H2,1-4H3. The van der Waals surface area contributed by atoms with Crippen LogP contribution in [0.5, 0.6) is 0 Å². The maximum atomic E-state index is 12.6. The van der Waals surface area contributed by atoms with Gasteiger partial charge in [-0.3, -0.25) is 9.59 Å². The molecule has 1 aliphatic rings. The molecule has 20 heavy (non-hydrogen) atoms. The lowest BCUT2D eigenvalue weighted by molar-refractivity contribution is -0.164. The van der Waals surface area contributed by atoms with Gasteiger partial charge in [-0.2, -0.15) is 0 Å². The summed E-state index contributed by atoms with van der Waals surface area (Å²) in [7, 11) is 0. The monoisotopic (exact) mass is 280 g/mol. The number of hydrogen-bond donors (Lipinski definition) is 0. The van der Waals surface area contributed by atoms with Crippen molar-refractivity contribution in [1.82, 2.24) is 0 Å². The summed E-state index contributed by atoms with van der Waals surface area (Å²) in [6.07, 6.45) is 7.66. The zero-order chi connectivity index (χ0) is 15.2. The number of Topliss-reactive ketones (excluding diaryl/α,β-unsaturated/α-hetero) is 1. The van der Waals surface area contributed by atoms with Crippen molar-refractivity contribution in [2.45, 2.75) is 39.7 Å². The molecule has 112 valence electrons. The number of esters is 1. The average molecular weight is 280 g/mol. The molecule has 0 bridgehead atoms.